The number of aryl methyl sites for hydroxylation is 6. The van der Waals surface area contributed by atoms with Gasteiger partial charge in [-0.05, 0) is 204 Å². The molecule has 94 heavy (non-hydrogen) atoms. The summed E-state index contributed by atoms with van der Waals surface area (Å²) in [5.41, 5.74) is 1.78. The molecule has 4 atom stereocenters. The molecule has 0 saturated heterocycles. The van der Waals surface area contributed by atoms with Crippen molar-refractivity contribution < 1.29 is 64.1 Å². The number of aromatic nitrogens is 2. The first-order valence-electron chi connectivity index (χ1n) is 31.1. The minimum absolute atomic E-state index is 0.0208. The zero-order valence-corrected chi connectivity index (χ0v) is 56.9. The summed E-state index contributed by atoms with van der Waals surface area (Å²) in [7, 11) is 6.86. The lowest BCUT2D eigenvalue weighted by molar-refractivity contribution is -0.144. The molecule has 6 rings (SSSR count). The number of carbonyl (C=O) groups excluding carboxylic acids is 3. The number of carboxylic acid groups (broad SMARTS) is 1. The van der Waals surface area contributed by atoms with Gasteiger partial charge in [0, 0.05) is 48.7 Å². The van der Waals surface area contributed by atoms with Gasteiger partial charge in [0.15, 0.2) is 0 Å². The molecule has 0 bridgehead atoms. The molecule has 0 saturated carbocycles. The van der Waals surface area contributed by atoms with Crippen LogP contribution in [0.4, 0.5) is 35.1 Å². The Bertz CT molecular complexity index is 3800. The van der Waals surface area contributed by atoms with E-state index < -0.39 is 118 Å². The van der Waals surface area contributed by atoms with Gasteiger partial charge in [0.2, 0.25) is 11.8 Å². The Morgan fingerprint density at radius 2 is 0.883 bits per heavy atom. The number of benzene rings is 4. The lowest BCUT2D eigenvalue weighted by Gasteiger charge is -2.30. The number of hydrogen-bond acceptors (Lipinski definition) is 9. The fourth-order valence-corrected chi connectivity index (χ4v) is 11.6. The summed E-state index contributed by atoms with van der Waals surface area (Å²) in [6, 6.07) is 13.9. The van der Waals surface area contributed by atoms with E-state index in [-0.39, 0.29) is 73.2 Å². The van der Waals surface area contributed by atoms with Crippen LogP contribution < -0.4 is 21.8 Å². The minimum atomic E-state index is -4.79. The first-order valence-corrected chi connectivity index (χ1v) is 31.1. The number of nitrogens with zero attached hydrogens (tertiary/aromatic N) is 4. The van der Waals surface area contributed by atoms with Gasteiger partial charge in [-0.3, -0.25) is 28.8 Å². The van der Waals surface area contributed by atoms with Gasteiger partial charge in [-0.25, -0.2) is 8.78 Å². The largest absolute Gasteiger partial charge is 0.481 e. The third-order valence-corrected chi connectivity index (χ3v) is 16.0. The van der Waals surface area contributed by atoms with Crippen molar-refractivity contribution in [2.45, 2.75) is 165 Å². The Morgan fingerprint density at radius 3 is 1.18 bits per heavy atom. The molecule has 2 amide bonds. The van der Waals surface area contributed by atoms with Crippen LogP contribution in [0.3, 0.4) is 0 Å². The fraction of sp³-hybridized carbons (Fsp3) is 0.472. The van der Waals surface area contributed by atoms with Gasteiger partial charge in [0.05, 0.1) is 42.7 Å². The number of alkyl halides is 6. The van der Waals surface area contributed by atoms with Crippen LogP contribution in [0.25, 0.3) is 22.3 Å². The lowest BCUT2D eigenvalue weighted by Crippen LogP contribution is -2.41. The van der Waals surface area contributed by atoms with Crippen molar-refractivity contribution in [3.05, 3.63) is 184 Å². The Morgan fingerprint density at radius 1 is 0.543 bits per heavy atom. The van der Waals surface area contributed by atoms with Crippen molar-refractivity contribution in [3.8, 4) is 22.3 Å². The maximum atomic E-state index is 16.0. The van der Waals surface area contributed by atoms with E-state index in [4.69, 9.17) is 4.74 Å². The maximum absolute atomic E-state index is 16.0. The number of ether oxygens (including phenoxy) is 1. The van der Waals surface area contributed by atoms with Crippen LogP contribution in [0.5, 0.6) is 0 Å². The molecule has 2 heterocycles. The normalized spacial score (nSPS) is 13.4. The highest BCUT2D eigenvalue weighted by atomic mass is 19.4. The van der Waals surface area contributed by atoms with Crippen LogP contribution in [-0.2, 0) is 49.1 Å². The second kappa shape index (κ2) is 31.5. The van der Waals surface area contributed by atoms with Gasteiger partial charge >= 0.3 is 24.3 Å². The van der Waals surface area contributed by atoms with E-state index >= 15 is 8.78 Å². The predicted octanol–water partition coefficient (Wildman–Crippen LogP) is 14.5. The topological polar surface area (TPSA) is 172 Å². The highest BCUT2D eigenvalue weighted by Gasteiger charge is 2.39. The number of likely N-dealkylation sites (N-methyl/N-ethyl adjacent to an activating group) is 2. The molecule has 22 heteroatoms. The summed E-state index contributed by atoms with van der Waals surface area (Å²) in [4.78, 5) is 83.1. The van der Waals surface area contributed by atoms with Gasteiger partial charge in [-0.15, -0.1) is 0 Å². The Hall–Kier alpha value is -7.98. The Labute approximate surface area is 545 Å². The average Bonchev–Trinajstić information content (AvgIpc) is 0.802. The Kier molecular flexibility index (Phi) is 25.7. The monoisotopic (exact) mass is 1320 g/mol. The molecule has 2 aromatic heterocycles. The number of rotatable bonds is 23. The molecule has 2 unspecified atom stereocenters. The van der Waals surface area contributed by atoms with E-state index in [0.717, 1.165) is 54.9 Å². The van der Waals surface area contributed by atoms with Crippen LogP contribution in [0, 0.1) is 64.0 Å². The molecule has 0 radical (unpaired) electrons. The van der Waals surface area contributed by atoms with E-state index in [9.17, 15) is 60.2 Å². The summed E-state index contributed by atoms with van der Waals surface area (Å²) in [5, 5.41) is 15.2. The van der Waals surface area contributed by atoms with Gasteiger partial charge in [0.25, 0.3) is 11.1 Å². The number of hydrogen-bond donors (Lipinski definition) is 3. The van der Waals surface area contributed by atoms with Gasteiger partial charge in [-0.1, -0.05) is 77.9 Å². The molecule has 0 fully saturated rings. The molecule has 6 aromatic rings. The summed E-state index contributed by atoms with van der Waals surface area (Å²) >= 11 is 0. The summed E-state index contributed by atoms with van der Waals surface area (Å²) in [5.74, 6) is -4.84. The number of aliphatic carboxylic acids is 1. The predicted molar refractivity (Wildman–Crippen MR) is 350 cm³/mol. The van der Waals surface area contributed by atoms with E-state index in [1.54, 1.807) is 97.7 Å². The highest BCUT2D eigenvalue weighted by molar-refractivity contribution is 5.83. The van der Waals surface area contributed by atoms with Crippen molar-refractivity contribution in [2.75, 3.05) is 47.9 Å². The van der Waals surface area contributed by atoms with Crippen molar-refractivity contribution in [1.29, 1.82) is 0 Å². The van der Waals surface area contributed by atoms with Crippen molar-refractivity contribution in [2.24, 2.45) is 10.8 Å². The van der Waals surface area contributed by atoms with Crippen LogP contribution in [-0.4, -0.2) is 95.7 Å². The van der Waals surface area contributed by atoms with E-state index in [2.05, 4.69) is 10.6 Å². The molecule has 0 aliphatic carbocycles. The summed E-state index contributed by atoms with van der Waals surface area (Å²) in [6.45, 7) is 24.0. The second-order valence-electron chi connectivity index (χ2n) is 27.2. The smallest absolute Gasteiger partial charge is 0.416 e. The van der Waals surface area contributed by atoms with Gasteiger partial charge < -0.3 is 39.4 Å². The number of nitrogens with one attached hydrogen (secondary N) is 2. The summed E-state index contributed by atoms with van der Waals surface area (Å²) < 4.78 is 123. The molecular weight excluding hydrogens is 1230 g/mol. The molecule has 4 aromatic carbocycles. The SMILES string of the molecule is CCOC(=O)C[C@H](NC(=O)C(CC(C)(C)C)n1cc(CCN(C)C)c(C(F)(F)F)cc1=O)c1cc(-c2c(C)cccc2C)cc(C)c1F.Cc1cc(-c2c(C)cccc2C)cc([C@H](CC(=O)O)NC(=O)C(CC(C)(C)C)n2cc(CCN(C)C)c(C(F)(F)F)cc2=O)c1F. The summed E-state index contributed by atoms with van der Waals surface area (Å²) in [6.07, 6.45) is -8.43. The Balaban J connectivity index is 0.000000341. The van der Waals surface area contributed by atoms with Crippen molar-refractivity contribution >= 4 is 23.8 Å². The average molecular weight is 1320 g/mol. The van der Waals surface area contributed by atoms with Crippen molar-refractivity contribution in [1.82, 2.24) is 29.6 Å². The van der Waals surface area contributed by atoms with Gasteiger partial charge in [-0.2, -0.15) is 26.3 Å². The third-order valence-electron chi connectivity index (χ3n) is 16.0. The van der Waals surface area contributed by atoms with Crippen LogP contribution >= 0.6 is 0 Å². The number of esters is 1. The zero-order chi connectivity index (χ0) is 70.9. The highest BCUT2D eigenvalue weighted by Crippen LogP contribution is 2.39. The molecule has 3 N–H and O–H groups in total. The first-order chi connectivity index (χ1) is 43.4. The number of carbonyl (C=O) groups is 4. The number of carboxylic acids is 1. The van der Waals surface area contributed by atoms with Crippen LogP contribution in [0.1, 0.15) is 165 Å². The number of pyridine rings is 2. The van der Waals surface area contributed by atoms with Gasteiger partial charge in [0.1, 0.15) is 23.7 Å². The van der Waals surface area contributed by atoms with E-state index in [1.807, 2.05) is 84.9 Å². The third kappa shape index (κ3) is 20.8. The minimum Gasteiger partial charge on any atom is -0.481 e. The number of amides is 2. The quantitative estimate of drug-likeness (QED) is 0.0414. The van der Waals surface area contributed by atoms with Crippen LogP contribution in [0.15, 0.2) is 94.8 Å². The number of halogens is 8. The van der Waals surface area contributed by atoms with Crippen LogP contribution in [0.2, 0.25) is 0 Å². The fourth-order valence-electron chi connectivity index (χ4n) is 11.6. The maximum Gasteiger partial charge on any atom is 0.416 e. The van der Waals surface area contributed by atoms with Crippen molar-refractivity contribution in [3.63, 3.8) is 0 Å². The zero-order valence-electron chi connectivity index (χ0n) is 56.9. The molecular formula is C72H90F8N6O8. The molecule has 512 valence electrons. The first kappa shape index (κ1) is 76.7. The second-order valence-corrected chi connectivity index (χ2v) is 27.2. The van der Waals surface area contributed by atoms with E-state index in [1.165, 1.54) is 6.07 Å². The lowest BCUT2D eigenvalue weighted by atomic mass is 9.87. The molecule has 0 aliphatic heterocycles. The molecule has 14 nitrogen and oxygen atoms in total. The van der Waals surface area contributed by atoms with E-state index in [0.29, 0.717) is 28.8 Å². The standard InChI is InChI=1S/C37H47F4N3O4.C35H43F4N3O4/c1-10-48-32(46)19-29(27-17-26(16-24(4)34(27)38)33-22(2)12-11-13-23(33)3)42-35(47)30(20-36(5,6)7)44-21-25(14-15-43(8)9)28(18-31(44)45)37(39,40)41;1-20-10-9-11-21(2)31(20)24-14-22(3)32(36)25(15-24)27(17-30(44)45)40-33(46)28(18-34(4,5)6)42-19-23(12-13-41(7)8)26(16-29(42)43)35(37,38)39/h11-13,16-18,21,29-30H,10,14-15,19-20H2,1-9H3,(H,42,47);9-11,14-16,19,27-28H,12-13,17-18H2,1-8H3,(H,40,46)(H,44,45)/t29-,30?;27-,28?/m00/s1. The molecule has 0 aliphatic rings. The molecule has 0 spiro atoms.